The van der Waals surface area contributed by atoms with Crippen LogP contribution in [-0.2, 0) is 4.84 Å². The normalized spacial score (nSPS) is 15.8. The Hall–Kier alpha value is -2.70. The summed E-state index contributed by atoms with van der Waals surface area (Å²) in [4.78, 5) is 8.23. The topological polar surface area (TPSA) is 62.9 Å². The number of hydrazone groups is 1. The number of aryl methyl sites for hydroxylation is 1. The van der Waals surface area contributed by atoms with Gasteiger partial charge in [-0.15, -0.1) is 0 Å². The maximum atomic E-state index is 14.5. The minimum absolute atomic E-state index is 0.124. The van der Waals surface area contributed by atoms with E-state index in [0.717, 1.165) is 48.2 Å². The quantitative estimate of drug-likeness (QED) is 0.447. The van der Waals surface area contributed by atoms with Crippen LogP contribution < -0.4 is 11.3 Å². The summed E-state index contributed by atoms with van der Waals surface area (Å²) in [6, 6.07) is 8.79. The number of nitrogens with zero attached hydrogens (tertiary/aromatic N) is 2. The van der Waals surface area contributed by atoms with Gasteiger partial charge in [0.1, 0.15) is 5.82 Å². The first kappa shape index (κ1) is 20.0. The Morgan fingerprint density at radius 3 is 2.71 bits per heavy atom. The fourth-order valence-electron chi connectivity index (χ4n) is 3.57. The van der Waals surface area contributed by atoms with Crippen LogP contribution in [0, 0.1) is 12.7 Å². The number of halogens is 1. The number of anilines is 1. The number of nitrogens with two attached hydrogens (primary N) is 1. The van der Waals surface area contributed by atoms with Gasteiger partial charge in [-0.05, 0) is 56.1 Å². The summed E-state index contributed by atoms with van der Waals surface area (Å²) in [5.41, 5.74) is 7.47. The molecule has 0 radical (unpaired) electrons. The molecule has 1 heterocycles. The van der Waals surface area contributed by atoms with Crippen molar-refractivity contribution in [2.45, 2.75) is 25.9 Å². The van der Waals surface area contributed by atoms with E-state index >= 15 is 0 Å². The Kier molecular flexibility index (Phi) is 6.44. The van der Waals surface area contributed by atoms with E-state index in [0.29, 0.717) is 11.3 Å². The fourth-order valence-corrected chi connectivity index (χ4v) is 3.57. The van der Waals surface area contributed by atoms with Crippen molar-refractivity contribution in [1.82, 2.24) is 4.90 Å². The standard InChI is InChI=1S/C22H27FN4O/c1-4-19-17(14-25-24)12-16(22-15(2)6-5-7-20(22)23)13-21(19)26-28-18-8-10-27(3)11-9-18/h4-7,12-14,18,26H,1,8-11,24H2,2-3H3/b25-14-. The molecule has 1 saturated heterocycles. The number of rotatable bonds is 6. The predicted octanol–water partition coefficient (Wildman–Crippen LogP) is 4.17. The van der Waals surface area contributed by atoms with Gasteiger partial charge in [-0.3, -0.25) is 10.3 Å². The first-order valence-corrected chi connectivity index (χ1v) is 9.43. The molecule has 0 saturated carbocycles. The third-order valence-electron chi connectivity index (χ3n) is 5.14. The van der Waals surface area contributed by atoms with E-state index in [1.54, 1.807) is 12.1 Å². The molecular weight excluding hydrogens is 355 g/mol. The molecule has 0 amide bonds. The first-order chi connectivity index (χ1) is 13.5. The van der Waals surface area contributed by atoms with Crippen molar-refractivity contribution in [2.75, 3.05) is 25.6 Å². The monoisotopic (exact) mass is 382 g/mol. The SMILES string of the molecule is C=Cc1c(/C=N\N)cc(-c2c(C)cccc2F)cc1NOC1CCN(C)CC1. The molecule has 0 aliphatic carbocycles. The van der Waals surface area contributed by atoms with Crippen LogP contribution in [0.15, 0.2) is 42.0 Å². The Morgan fingerprint density at radius 2 is 2.07 bits per heavy atom. The molecule has 0 aromatic heterocycles. The van der Waals surface area contributed by atoms with E-state index in [1.807, 2.05) is 25.1 Å². The maximum Gasteiger partial charge on any atom is 0.131 e. The Morgan fingerprint density at radius 1 is 1.32 bits per heavy atom. The van der Waals surface area contributed by atoms with Gasteiger partial charge in [0.15, 0.2) is 0 Å². The molecule has 3 N–H and O–H groups in total. The van der Waals surface area contributed by atoms with E-state index in [4.69, 9.17) is 10.7 Å². The minimum Gasteiger partial charge on any atom is -0.323 e. The summed E-state index contributed by atoms with van der Waals surface area (Å²) in [5.74, 6) is 5.12. The predicted molar refractivity (Wildman–Crippen MR) is 114 cm³/mol. The average Bonchev–Trinajstić information content (AvgIpc) is 2.67. The molecule has 2 aromatic carbocycles. The average molecular weight is 382 g/mol. The second kappa shape index (κ2) is 8.99. The van der Waals surface area contributed by atoms with Crippen molar-refractivity contribution in [3.8, 4) is 11.1 Å². The summed E-state index contributed by atoms with van der Waals surface area (Å²) in [5, 5.41) is 3.65. The van der Waals surface area contributed by atoms with Crippen LogP contribution in [0.25, 0.3) is 17.2 Å². The molecule has 3 rings (SSSR count). The van der Waals surface area contributed by atoms with Crippen molar-refractivity contribution in [3.63, 3.8) is 0 Å². The summed E-state index contributed by atoms with van der Waals surface area (Å²) in [7, 11) is 2.11. The third kappa shape index (κ3) is 4.40. The number of benzene rings is 2. The van der Waals surface area contributed by atoms with Crippen LogP contribution in [0.4, 0.5) is 10.1 Å². The van der Waals surface area contributed by atoms with Crippen molar-refractivity contribution in [2.24, 2.45) is 10.9 Å². The van der Waals surface area contributed by atoms with Crippen LogP contribution in [-0.4, -0.2) is 37.4 Å². The summed E-state index contributed by atoms with van der Waals surface area (Å²) in [6.07, 6.45) is 5.29. The zero-order valence-corrected chi connectivity index (χ0v) is 16.4. The van der Waals surface area contributed by atoms with Crippen LogP contribution in [0.2, 0.25) is 0 Å². The zero-order chi connectivity index (χ0) is 20.1. The van der Waals surface area contributed by atoms with Crippen molar-refractivity contribution in [1.29, 1.82) is 0 Å². The highest BCUT2D eigenvalue weighted by molar-refractivity contribution is 5.92. The van der Waals surface area contributed by atoms with E-state index in [2.05, 4.69) is 29.1 Å². The number of hydrogen-bond donors (Lipinski definition) is 2. The molecular formula is C22H27FN4O. The molecule has 2 aromatic rings. The van der Waals surface area contributed by atoms with Crippen LogP contribution in [0.5, 0.6) is 0 Å². The van der Waals surface area contributed by atoms with Crippen LogP contribution in [0.1, 0.15) is 29.5 Å². The summed E-state index contributed by atoms with van der Waals surface area (Å²) in [6.45, 7) is 7.79. The number of piperidine rings is 1. The highest BCUT2D eigenvalue weighted by Gasteiger charge is 2.19. The van der Waals surface area contributed by atoms with Crippen molar-refractivity contribution < 1.29 is 9.23 Å². The van der Waals surface area contributed by atoms with Gasteiger partial charge in [0.2, 0.25) is 0 Å². The van der Waals surface area contributed by atoms with E-state index < -0.39 is 0 Å². The van der Waals surface area contributed by atoms with Gasteiger partial charge >= 0.3 is 0 Å². The molecule has 1 fully saturated rings. The van der Waals surface area contributed by atoms with Crippen LogP contribution >= 0.6 is 0 Å². The van der Waals surface area contributed by atoms with Gasteiger partial charge in [-0.25, -0.2) is 4.39 Å². The first-order valence-electron chi connectivity index (χ1n) is 9.43. The molecule has 1 aliphatic heterocycles. The second-order valence-corrected chi connectivity index (χ2v) is 7.16. The van der Waals surface area contributed by atoms with E-state index in [-0.39, 0.29) is 11.9 Å². The van der Waals surface area contributed by atoms with Gasteiger partial charge in [0.05, 0.1) is 18.0 Å². The van der Waals surface area contributed by atoms with Gasteiger partial charge < -0.3 is 10.7 Å². The molecule has 5 nitrogen and oxygen atoms in total. The molecule has 0 unspecified atom stereocenters. The fraction of sp³-hybridized carbons (Fsp3) is 0.318. The molecule has 0 spiro atoms. The van der Waals surface area contributed by atoms with Crippen LogP contribution in [0.3, 0.4) is 0 Å². The second-order valence-electron chi connectivity index (χ2n) is 7.16. The Labute approximate surface area is 165 Å². The number of hydrogen-bond acceptors (Lipinski definition) is 5. The Bertz CT molecular complexity index is 853. The number of likely N-dealkylation sites (tertiary alicyclic amines) is 1. The van der Waals surface area contributed by atoms with Crippen molar-refractivity contribution >= 4 is 18.0 Å². The van der Waals surface area contributed by atoms with Crippen molar-refractivity contribution in [3.05, 3.63) is 59.4 Å². The maximum absolute atomic E-state index is 14.5. The zero-order valence-electron chi connectivity index (χ0n) is 16.4. The molecule has 0 atom stereocenters. The molecule has 1 aliphatic rings. The molecule has 0 bridgehead atoms. The molecule has 148 valence electrons. The lowest BCUT2D eigenvalue weighted by molar-refractivity contribution is 0.0465. The lowest BCUT2D eigenvalue weighted by Gasteiger charge is -2.29. The highest BCUT2D eigenvalue weighted by Crippen LogP contribution is 2.33. The summed E-state index contributed by atoms with van der Waals surface area (Å²) < 4.78 is 14.5. The largest absolute Gasteiger partial charge is 0.323 e. The lowest BCUT2D eigenvalue weighted by Crippen LogP contribution is -2.35. The summed E-state index contributed by atoms with van der Waals surface area (Å²) >= 11 is 0. The molecule has 28 heavy (non-hydrogen) atoms. The smallest absolute Gasteiger partial charge is 0.131 e. The third-order valence-corrected chi connectivity index (χ3v) is 5.14. The highest BCUT2D eigenvalue weighted by atomic mass is 19.1. The van der Waals surface area contributed by atoms with Gasteiger partial charge in [-0.1, -0.05) is 24.8 Å². The Balaban J connectivity index is 1.97. The van der Waals surface area contributed by atoms with E-state index in [9.17, 15) is 4.39 Å². The van der Waals surface area contributed by atoms with Gasteiger partial charge in [0, 0.05) is 29.8 Å². The van der Waals surface area contributed by atoms with Gasteiger partial charge in [-0.2, -0.15) is 5.10 Å². The van der Waals surface area contributed by atoms with Gasteiger partial charge in [0.25, 0.3) is 0 Å². The lowest BCUT2D eigenvalue weighted by atomic mass is 9.95. The van der Waals surface area contributed by atoms with E-state index in [1.165, 1.54) is 12.3 Å². The number of nitrogens with one attached hydrogen (secondary N) is 1. The molecule has 6 heteroatoms. The minimum atomic E-state index is -0.274.